The maximum atomic E-state index is 11.8. The highest BCUT2D eigenvalue weighted by Gasteiger charge is 2.17. The molecule has 0 saturated heterocycles. The van der Waals surface area contributed by atoms with E-state index >= 15 is 0 Å². The number of para-hydroxylation sites is 1. The van der Waals surface area contributed by atoms with Gasteiger partial charge in [-0.15, -0.1) is 0 Å². The molecule has 2 rings (SSSR count). The van der Waals surface area contributed by atoms with Crippen molar-refractivity contribution in [2.75, 3.05) is 0 Å². The quantitative estimate of drug-likeness (QED) is 0.796. The predicted molar refractivity (Wildman–Crippen MR) is 81.3 cm³/mol. The normalized spacial score (nSPS) is 11.5. The molecule has 1 aromatic carbocycles. The minimum atomic E-state index is -0.491. The number of rotatable bonds is 2. The highest BCUT2D eigenvalue weighted by molar-refractivity contribution is 7.09. The number of nitrogens with zero attached hydrogens (tertiary/aromatic N) is 2. The largest absolute Gasteiger partial charge is 0.408 e. The van der Waals surface area contributed by atoms with Crippen LogP contribution in [0.2, 0.25) is 5.02 Å². The van der Waals surface area contributed by atoms with Gasteiger partial charge in [-0.25, -0.2) is 9.56 Å². The minimum Gasteiger partial charge on any atom is -0.408 e. The summed E-state index contributed by atoms with van der Waals surface area (Å²) in [5, 5.41) is 0.479. The topological polar surface area (TPSA) is 60.7 Å². The number of hydrogen-bond acceptors (Lipinski definition) is 5. The van der Waals surface area contributed by atoms with E-state index in [1.54, 1.807) is 31.2 Å². The lowest BCUT2D eigenvalue weighted by Crippen LogP contribution is -2.22. The number of aromatic nitrogens is 1. The maximum Gasteiger partial charge on any atom is 0.309 e. The molecule has 1 heterocycles. The van der Waals surface area contributed by atoms with Crippen molar-refractivity contribution >= 4 is 40.5 Å². The molecule has 0 amide bonds. The third-order valence-electron chi connectivity index (χ3n) is 2.56. The number of carbonyl (C=O) groups is 2. The second kappa shape index (κ2) is 6.24. The van der Waals surface area contributed by atoms with E-state index in [-0.39, 0.29) is 11.8 Å². The molecule has 2 aromatic rings. The Morgan fingerprint density at radius 3 is 2.52 bits per heavy atom. The summed E-state index contributed by atoms with van der Waals surface area (Å²) in [7, 11) is 0. The lowest BCUT2D eigenvalue weighted by atomic mass is 10.3. The molecule has 7 heteroatoms. The van der Waals surface area contributed by atoms with E-state index in [1.165, 1.54) is 29.8 Å². The summed E-state index contributed by atoms with van der Waals surface area (Å²) in [6, 6.07) is 7.06. The Morgan fingerprint density at radius 1 is 1.29 bits per heavy atom. The first-order valence-corrected chi connectivity index (χ1v) is 7.30. The summed E-state index contributed by atoms with van der Waals surface area (Å²) in [4.78, 5) is 28.5. The molecule has 110 valence electrons. The smallest absolute Gasteiger partial charge is 0.309 e. The first kappa shape index (κ1) is 15.5. The summed E-state index contributed by atoms with van der Waals surface area (Å²) >= 11 is 7.32. The molecule has 0 saturated carbocycles. The molecule has 0 bridgehead atoms. The van der Waals surface area contributed by atoms with Gasteiger partial charge in [0.15, 0.2) is 4.80 Å². The van der Waals surface area contributed by atoms with Gasteiger partial charge in [-0.3, -0.25) is 9.59 Å². The number of esters is 1. The van der Waals surface area contributed by atoms with Crippen molar-refractivity contribution < 1.29 is 14.3 Å². The van der Waals surface area contributed by atoms with Gasteiger partial charge in [0.25, 0.3) is 0 Å². The van der Waals surface area contributed by atoms with Crippen LogP contribution in [0.5, 0.6) is 5.88 Å². The van der Waals surface area contributed by atoms with Gasteiger partial charge in [0.2, 0.25) is 11.8 Å². The number of carbonyl (C=O) groups excluding carboxylic acids is 2. The number of hydrogen-bond donors (Lipinski definition) is 0. The molecule has 0 unspecified atom stereocenters. The molecule has 0 atom stereocenters. The molecule has 0 aliphatic rings. The minimum absolute atomic E-state index is 0.200. The molecule has 0 fully saturated rings. The van der Waals surface area contributed by atoms with Crippen LogP contribution in [-0.4, -0.2) is 16.4 Å². The van der Waals surface area contributed by atoms with Crippen molar-refractivity contribution in [1.29, 1.82) is 0 Å². The number of thiazole rings is 1. The highest BCUT2D eigenvalue weighted by atomic mass is 35.5. The third kappa shape index (κ3) is 3.40. The third-order valence-corrected chi connectivity index (χ3v) is 3.82. The van der Waals surface area contributed by atoms with Gasteiger partial charge in [0.05, 0.1) is 15.6 Å². The Bertz CT molecular complexity index is 777. The molecule has 5 nitrogen and oxygen atoms in total. The van der Waals surface area contributed by atoms with Gasteiger partial charge in [0.1, 0.15) is 0 Å². The molecule has 1 aromatic heterocycles. The molecule has 0 aliphatic heterocycles. The van der Waals surface area contributed by atoms with E-state index in [4.69, 9.17) is 16.3 Å². The molecule has 0 spiro atoms. The SMILES string of the molecule is CC(=O)Oc1c(C)sc(=Nc2ccccc2Cl)n1C(C)=O. The van der Waals surface area contributed by atoms with E-state index in [0.717, 1.165) is 0 Å². The van der Waals surface area contributed by atoms with Gasteiger partial charge in [-0.05, 0) is 19.1 Å². The van der Waals surface area contributed by atoms with Crippen molar-refractivity contribution in [3.63, 3.8) is 0 Å². The number of halogens is 1. The highest BCUT2D eigenvalue weighted by Crippen LogP contribution is 2.25. The van der Waals surface area contributed by atoms with E-state index < -0.39 is 5.97 Å². The Balaban J connectivity index is 2.67. The van der Waals surface area contributed by atoms with Gasteiger partial charge in [0, 0.05) is 13.8 Å². The van der Waals surface area contributed by atoms with Crippen molar-refractivity contribution in [3.05, 3.63) is 39.0 Å². The van der Waals surface area contributed by atoms with Gasteiger partial charge < -0.3 is 4.74 Å². The summed E-state index contributed by atoms with van der Waals surface area (Å²) in [5.74, 6) is -0.581. The molecular formula is C14H13ClN2O3S. The van der Waals surface area contributed by atoms with E-state index in [1.807, 2.05) is 0 Å². The van der Waals surface area contributed by atoms with Crippen molar-refractivity contribution in [2.24, 2.45) is 4.99 Å². The molecular weight excluding hydrogens is 312 g/mol. The van der Waals surface area contributed by atoms with Gasteiger partial charge in [-0.2, -0.15) is 0 Å². The lowest BCUT2D eigenvalue weighted by Gasteiger charge is -2.04. The van der Waals surface area contributed by atoms with Crippen molar-refractivity contribution in [3.8, 4) is 5.88 Å². The monoisotopic (exact) mass is 324 g/mol. The fourth-order valence-electron chi connectivity index (χ4n) is 1.72. The standard InChI is InChI=1S/C14H13ClN2O3S/c1-8-13(20-10(3)19)17(9(2)18)14(21-8)16-12-7-5-4-6-11(12)15/h4-7H,1-3H3. The Kier molecular flexibility index (Phi) is 4.59. The Labute approximate surface area is 130 Å². The molecule has 0 radical (unpaired) electrons. The summed E-state index contributed by atoms with van der Waals surface area (Å²) < 4.78 is 6.38. The fourth-order valence-corrected chi connectivity index (χ4v) is 2.84. The zero-order valence-electron chi connectivity index (χ0n) is 11.7. The first-order valence-electron chi connectivity index (χ1n) is 6.11. The van der Waals surface area contributed by atoms with E-state index in [0.29, 0.717) is 20.4 Å². The van der Waals surface area contributed by atoms with Crippen LogP contribution in [0.25, 0.3) is 0 Å². The second-order valence-electron chi connectivity index (χ2n) is 4.26. The summed E-state index contributed by atoms with van der Waals surface area (Å²) in [5.41, 5.74) is 0.546. The first-order chi connectivity index (χ1) is 9.90. The molecule has 0 N–H and O–H groups in total. The van der Waals surface area contributed by atoms with Crippen LogP contribution in [0, 0.1) is 6.92 Å². The summed E-state index contributed by atoms with van der Waals surface area (Å²) in [6.45, 7) is 4.42. The average Bonchev–Trinajstić information content (AvgIpc) is 2.68. The van der Waals surface area contributed by atoms with Crippen LogP contribution < -0.4 is 9.54 Å². The predicted octanol–water partition coefficient (Wildman–Crippen LogP) is 3.33. The zero-order valence-corrected chi connectivity index (χ0v) is 13.3. The number of benzene rings is 1. The van der Waals surface area contributed by atoms with Crippen molar-refractivity contribution in [2.45, 2.75) is 20.8 Å². The van der Waals surface area contributed by atoms with Crippen LogP contribution in [0.1, 0.15) is 23.5 Å². The van der Waals surface area contributed by atoms with E-state index in [2.05, 4.69) is 4.99 Å². The van der Waals surface area contributed by atoms with Crippen LogP contribution >= 0.6 is 22.9 Å². The fraction of sp³-hybridized carbons (Fsp3) is 0.214. The average molecular weight is 325 g/mol. The van der Waals surface area contributed by atoms with Crippen LogP contribution in [0.4, 0.5) is 5.69 Å². The second-order valence-corrected chi connectivity index (χ2v) is 5.85. The number of aryl methyl sites for hydroxylation is 1. The van der Waals surface area contributed by atoms with Crippen LogP contribution in [0.15, 0.2) is 29.3 Å². The molecule has 0 aliphatic carbocycles. The van der Waals surface area contributed by atoms with Gasteiger partial charge in [-0.1, -0.05) is 35.1 Å². The van der Waals surface area contributed by atoms with Crippen LogP contribution in [-0.2, 0) is 4.79 Å². The summed E-state index contributed by atoms with van der Waals surface area (Å²) in [6.07, 6.45) is 0. The Morgan fingerprint density at radius 2 is 1.95 bits per heavy atom. The van der Waals surface area contributed by atoms with E-state index in [9.17, 15) is 9.59 Å². The van der Waals surface area contributed by atoms with Crippen molar-refractivity contribution in [1.82, 2.24) is 4.57 Å². The maximum absolute atomic E-state index is 11.8. The van der Waals surface area contributed by atoms with Crippen LogP contribution in [0.3, 0.4) is 0 Å². The van der Waals surface area contributed by atoms with Gasteiger partial charge >= 0.3 is 5.97 Å². The zero-order chi connectivity index (χ0) is 15.6. The Hall–Kier alpha value is -1.92. The number of ether oxygens (including phenoxy) is 1. The lowest BCUT2D eigenvalue weighted by molar-refractivity contribution is -0.132. The molecule has 21 heavy (non-hydrogen) atoms.